The molecule has 0 bridgehead atoms. The van der Waals surface area contributed by atoms with Gasteiger partial charge >= 0.3 is 0 Å². The van der Waals surface area contributed by atoms with E-state index in [1.165, 1.54) is 0 Å². The third-order valence-electron chi connectivity index (χ3n) is 3.54. The molecule has 134 valence electrons. The van der Waals surface area contributed by atoms with E-state index < -0.39 is 0 Å². The lowest BCUT2D eigenvalue weighted by Gasteiger charge is -2.12. The number of anilines is 1. The van der Waals surface area contributed by atoms with Crippen molar-refractivity contribution in [3.05, 3.63) is 53.6 Å². The largest absolute Gasteiger partial charge is 0.490 e. The fourth-order valence-electron chi connectivity index (χ4n) is 2.18. The SMILES string of the molecule is CCOc1cc(C#N)ccc1OCC(=O)c1ccc(NC(=O)CC)cc1. The van der Waals surface area contributed by atoms with Crippen LogP contribution in [0, 0.1) is 11.3 Å². The highest BCUT2D eigenvalue weighted by molar-refractivity contribution is 5.98. The highest BCUT2D eigenvalue weighted by Gasteiger charge is 2.11. The van der Waals surface area contributed by atoms with Gasteiger partial charge in [-0.1, -0.05) is 6.92 Å². The van der Waals surface area contributed by atoms with Crippen LogP contribution in [0.15, 0.2) is 42.5 Å². The molecular formula is C20H20N2O4. The van der Waals surface area contributed by atoms with Gasteiger partial charge in [0, 0.05) is 23.7 Å². The molecule has 2 aromatic rings. The van der Waals surface area contributed by atoms with Crippen LogP contribution in [-0.2, 0) is 4.79 Å². The Morgan fingerprint density at radius 3 is 2.38 bits per heavy atom. The summed E-state index contributed by atoms with van der Waals surface area (Å²) in [6.45, 7) is 3.86. The summed E-state index contributed by atoms with van der Waals surface area (Å²) in [5.41, 5.74) is 1.57. The fraction of sp³-hybridized carbons (Fsp3) is 0.250. The smallest absolute Gasteiger partial charge is 0.224 e. The molecule has 0 aliphatic rings. The van der Waals surface area contributed by atoms with Crippen LogP contribution in [0.4, 0.5) is 5.69 Å². The Morgan fingerprint density at radius 2 is 1.77 bits per heavy atom. The van der Waals surface area contributed by atoms with Crippen LogP contribution in [0.3, 0.4) is 0 Å². The molecule has 1 N–H and O–H groups in total. The van der Waals surface area contributed by atoms with Gasteiger partial charge in [0.2, 0.25) is 5.91 Å². The van der Waals surface area contributed by atoms with Crippen LogP contribution in [0.1, 0.15) is 36.2 Å². The van der Waals surface area contributed by atoms with Crippen molar-refractivity contribution in [2.45, 2.75) is 20.3 Å². The molecule has 0 atom stereocenters. The third-order valence-corrected chi connectivity index (χ3v) is 3.54. The number of amides is 1. The summed E-state index contributed by atoms with van der Waals surface area (Å²) in [7, 11) is 0. The fourth-order valence-corrected chi connectivity index (χ4v) is 2.18. The molecule has 0 radical (unpaired) electrons. The Bertz CT molecular complexity index is 823. The molecule has 0 saturated carbocycles. The number of hydrogen-bond acceptors (Lipinski definition) is 5. The predicted molar refractivity (Wildman–Crippen MR) is 97.5 cm³/mol. The summed E-state index contributed by atoms with van der Waals surface area (Å²) in [6.07, 6.45) is 0.390. The average Bonchev–Trinajstić information content (AvgIpc) is 2.67. The first-order valence-electron chi connectivity index (χ1n) is 8.30. The van der Waals surface area contributed by atoms with Crippen molar-refractivity contribution in [3.63, 3.8) is 0 Å². The Balaban J connectivity index is 2.02. The van der Waals surface area contributed by atoms with Crippen LogP contribution < -0.4 is 14.8 Å². The Morgan fingerprint density at radius 1 is 1.04 bits per heavy atom. The number of benzene rings is 2. The van der Waals surface area contributed by atoms with Gasteiger partial charge in [-0.05, 0) is 43.3 Å². The lowest BCUT2D eigenvalue weighted by molar-refractivity contribution is -0.115. The second-order valence-corrected chi connectivity index (χ2v) is 5.40. The van der Waals surface area contributed by atoms with Gasteiger partial charge in [0.15, 0.2) is 23.9 Å². The van der Waals surface area contributed by atoms with Crippen LogP contribution in [0.5, 0.6) is 11.5 Å². The molecule has 0 aliphatic carbocycles. The lowest BCUT2D eigenvalue weighted by Crippen LogP contribution is -2.13. The molecule has 0 fully saturated rings. The highest BCUT2D eigenvalue weighted by Crippen LogP contribution is 2.28. The van der Waals surface area contributed by atoms with Crippen LogP contribution in [0.2, 0.25) is 0 Å². The van der Waals surface area contributed by atoms with Gasteiger partial charge in [-0.15, -0.1) is 0 Å². The number of hydrogen-bond donors (Lipinski definition) is 1. The zero-order valence-corrected chi connectivity index (χ0v) is 14.7. The second-order valence-electron chi connectivity index (χ2n) is 5.40. The minimum Gasteiger partial charge on any atom is -0.490 e. The maximum Gasteiger partial charge on any atom is 0.224 e. The number of carbonyl (C=O) groups excluding carboxylic acids is 2. The molecule has 0 heterocycles. The number of ketones is 1. The summed E-state index contributed by atoms with van der Waals surface area (Å²) >= 11 is 0. The summed E-state index contributed by atoms with van der Waals surface area (Å²) in [5, 5.41) is 11.7. The van der Waals surface area contributed by atoms with E-state index in [4.69, 9.17) is 14.7 Å². The van der Waals surface area contributed by atoms with E-state index in [1.54, 1.807) is 49.4 Å². The van der Waals surface area contributed by atoms with Gasteiger partial charge in [-0.3, -0.25) is 9.59 Å². The molecule has 6 nitrogen and oxygen atoms in total. The Hall–Kier alpha value is -3.33. The van der Waals surface area contributed by atoms with Gasteiger partial charge in [-0.25, -0.2) is 0 Å². The number of rotatable bonds is 8. The first-order chi connectivity index (χ1) is 12.6. The van der Waals surface area contributed by atoms with Gasteiger partial charge < -0.3 is 14.8 Å². The van der Waals surface area contributed by atoms with Crippen LogP contribution >= 0.6 is 0 Å². The van der Waals surface area contributed by atoms with Crippen molar-refractivity contribution < 1.29 is 19.1 Å². The van der Waals surface area contributed by atoms with Crippen molar-refractivity contribution in [2.75, 3.05) is 18.5 Å². The quantitative estimate of drug-likeness (QED) is 0.734. The summed E-state index contributed by atoms with van der Waals surface area (Å²) < 4.78 is 11.0. The minimum absolute atomic E-state index is 0.0864. The third kappa shape index (κ3) is 5.08. The maximum atomic E-state index is 12.3. The highest BCUT2D eigenvalue weighted by atomic mass is 16.5. The molecule has 6 heteroatoms. The summed E-state index contributed by atoms with van der Waals surface area (Å²) in [5.74, 6) is 0.546. The van der Waals surface area contributed by atoms with Crippen molar-refractivity contribution >= 4 is 17.4 Å². The van der Waals surface area contributed by atoms with Crippen LogP contribution in [0.25, 0.3) is 0 Å². The molecule has 0 unspecified atom stereocenters. The van der Waals surface area contributed by atoms with Gasteiger partial charge in [0.25, 0.3) is 0 Å². The second kappa shape index (κ2) is 9.23. The van der Waals surface area contributed by atoms with Gasteiger partial charge in [-0.2, -0.15) is 5.26 Å². The summed E-state index contributed by atoms with van der Waals surface area (Å²) in [6, 6.07) is 13.5. The summed E-state index contributed by atoms with van der Waals surface area (Å²) in [4.78, 5) is 23.7. The molecule has 2 aromatic carbocycles. The standard InChI is InChI=1S/C20H20N2O4/c1-3-20(24)22-16-8-6-15(7-9-16)17(23)13-26-18-10-5-14(12-21)11-19(18)25-4-2/h5-11H,3-4,13H2,1-2H3,(H,22,24). The van der Waals surface area contributed by atoms with E-state index in [1.807, 2.05) is 13.0 Å². The number of carbonyl (C=O) groups is 2. The molecule has 0 saturated heterocycles. The van der Waals surface area contributed by atoms with E-state index in [0.717, 1.165) is 0 Å². The Kier molecular flexibility index (Phi) is 6.75. The predicted octanol–water partition coefficient (Wildman–Crippen LogP) is 3.57. The van der Waals surface area contributed by atoms with Crippen molar-refractivity contribution in [1.29, 1.82) is 5.26 Å². The van der Waals surface area contributed by atoms with Crippen LogP contribution in [-0.4, -0.2) is 24.9 Å². The van der Waals surface area contributed by atoms with E-state index in [-0.39, 0.29) is 18.3 Å². The van der Waals surface area contributed by atoms with E-state index >= 15 is 0 Å². The van der Waals surface area contributed by atoms with Crippen molar-refractivity contribution in [3.8, 4) is 17.6 Å². The first kappa shape index (κ1) is 19.0. The minimum atomic E-state index is -0.204. The monoisotopic (exact) mass is 352 g/mol. The Labute approximate surface area is 152 Å². The normalized spacial score (nSPS) is 9.88. The zero-order chi connectivity index (χ0) is 18.9. The van der Waals surface area contributed by atoms with Crippen molar-refractivity contribution in [2.24, 2.45) is 0 Å². The zero-order valence-electron chi connectivity index (χ0n) is 14.7. The molecule has 26 heavy (non-hydrogen) atoms. The average molecular weight is 352 g/mol. The van der Waals surface area contributed by atoms with Crippen molar-refractivity contribution in [1.82, 2.24) is 0 Å². The van der Waals surface area contributed by atoms with E-state index in [9.17, 15) is 9.59 Å². The number of ether oxygens (including phenoxy) is 2. The molecule has 1 amide bonds. The van der Waals surface area contributed by atoms with Gasteiger partial charge in [0.05, 0.1) is 18.2 Å². The molecule has 2 rings (SSSR count). The molecular weight excluding hydrogens is 332 g/mol. The number of nitrogens with zero attached hydrogens (tertiary/aromatic N) is 1. The first-order valence-corrected chi connectivity index (χ1v) is 8.30. The van der Waals surface area contributed by atoms with E-state index in [2.05, 4.69) is 5.32 Å². The molecule has 0 spiro atoms. The molecule has 0 aromatic heterocycles. The number of nitriles is 1. The number of nitrogens with one attached hydrogen (secondary N) is 1. The van der Waals surface area contributed by atoms with Gasteiger partial charge in [0.1, 0.15) is 0 Å². The molecule has 0 aliphatic heterocycles. The topological polar surface area (TPSA) is 88.4 Å². The maximum absolute atomic E-state index is 12.3. The lowest BCUT2D eigenvalue weighted by atomic mass is 10.1. The van der Waals surface area contributed by atoms with E-state index in [0.29, 0.717) is 41.3 Å². The number of Topliss-reactive ketones (excluding diaryl/α,β-unsaturated/α-hetero) is 1.